The molecule has 2 aromatic rings. The molecule has 0 saturated carbocycles. The predicted molar refractivity (Wildman–Crippen MR) is 71.2 cm³/mol. The number of carboxylic acid groups (broad SMARTS) is 1. The molecule has 1 heterocycles. The smallest absolute Gasteiger partial charge is 0.336 e. The van der Waals surface area contributed by atoms with E-state index in [0.717, 1.165) is 11.4 Å². The first-order valence-corrected chi connectivity index (χ1v) is 5.21. The quantitative estimate of drug-likeness (QED) is 0.891. The summed E-state index contributed by atoms with van der Waals surface area (Å²) in [6.07, 6.45) is 1.82. The number of rotatable bonds is 4. The summed E-state index contributed by atoms with van der Waals surface area (Å²) in [5, 5.41) is 16.3. The van der Waals surface area contributed by atoms with E-state index in [4.69, 9.17) is 5.11 Å². The maximum absolute atomic E-state index is 11.0. The summed E-state index contributed by atoms with van der Waals surface area (Å²) >= 11 is 0. The molecule has 5 nitrogen and oxygen atoms in total. The minimum atomic E-state index is -0.913. The van der Waals surface area contributed by atoms with Gasteiger partial charge in [-0.05, 0) is 11.6 Å². The number of aryl methyl sites for hydroxylation is 1. The van der Waals surface area contributed by atoms with Gasteiger partial charge >= 0.3 is 5.97 Å². The highest BCUT2D eigenvalue weighted by molar-refractivity contribution is 5.89. The van der Waals surface area contributed by atoms with E-state index in [9.17, 15) is 4.79 Å². The van der Waals surface area contributed by atoms with Gasteiger partial charge in [0.2, 0.25) is 0 Å². The number of benzene rings is 1. The number of carboxylic acids is 1. The monoisotopic (exact) mass is 267 g/mol. The first kappa shape index (κ1) is 14.1. The standard InChI is InChI=1S/C12H13N3O2.ClH/c1-15-7-6-11(14-15)13-8-9-4-2-3-5-10(9)12(16)17;/h2-7H,8H2,1H3,(H,13,14)(H,16,17);1H. The molecule has 0 saturated heterocycles. The molecule has 0 aliphatic carbocycles. The molecule has 2 rings (SSSR count). The summed E-state index contributed by atoms with van der Waals surface area (Å²) in [6, 6.07) is 8.76. The van der Waals surface area contributed by atoms with Crippen LogP contribution >= 0.6 is 12.4 Å². The highest BCUT2D eigenvalue weighted by Crippen LogP contribution is 2.11. The van der Waals surface area contributed by atoms with Crippen LogP contribution in [-0.4, -0.2) is 20.9 Å². The number of anilines is 1. The average Bonchev–Trinajstić information content (AvgIpc) is 2.73. The van der Waals surface area contributed by atoms with Crippen molar-refractivity contribution in [3.05, 3.63) is 47.7 Å². The van der Waals surface area contributed by atoms with Crippen molar-refractivity contribution in [3.8, 4) is 0 Å². The molecular formula is C12H14ClN3O2. The van der Waals surface area contributed by atoms with Gasteiger partial charge in [0.05, 0.1) is 5.56 Å². The van der Waals surface area contributed by atoms with Crippen LogP contribution in [0.3, 0.4) is 0 Å². The third-order valence-electron chi connectivity index (χ3n) is 2.42. The molecule has 0 aliphatic rings. The summed E-state index contributed by atoms with van der Waals surface area (Å²) in [5.74, 6) is -0.184. The molecule has 2 N–H and O–H groups in total. The molecule has 0 bridgehead atoms. The van der Waals surface area contributed by atoms with Gasteiger partial charge in [0.25, 0.3) is 0 Å². The maximum atomic E-state index is 11.0. The lowest BCUT2D eigenvalue weighted by atomic mass is 10.1. The van der Waals surface area contributed by atoms with Crippen LogP contribution in [0.15, 0.2) is 36.5 Å². The molecule has 0 unspecified atom stereocenters. The minimum absolute atomic E-state index is 0. The van der Waals surface area contributed by atoms with Crippen molar-refractivity contribution >= 4 is 24.2 Å². The van der Waals surface area contributed by atoms with Crippen LogP contribution < -0.4 is 5.32 Å². The summed E-state index contributed by atoms with van der Waals surface area (Å²) in [7, 11) is 1.83. The summed E-state index contributed by atoms with van der Waals surface area (Å²) in [4.78, 5) is 11.0. The number of carbonyl (C=O) groups is 1. The van der Waals surface area contributed by atoms with Gasteiger partial charge in [0.1, 0.15) is 5.82 Å². The van der Waals surface area contributed by atoms with Crippen molar-refractivity contribution < 1.29 is 9.90 Å². The number of aromatic nitrogens is 2. The van der Waals surface area contributed by atoms with E-state index in [1.54, 1.807) is 22.9 Å². The molecule has 1 aromatic heterocycles. The zero-order chi connectivity index (χ0) is 12.3. The van der Waals surface area contributed by atoms with Crippen molar-refractivity contribution in [2.24, 2.45) is 7.05 Å². The third kappa shape index (κ3) is 3.24. The molecule has 0 amide bonds. The van der Waals surface area contributed by atoms with Crippen LogP contribution in [0.1, 0.15) is 15.9 Å². The second-order valence-corrected chi connectivity index (χ2v) is 3.69. The Morgan fingerprint density at radius 1 is 1.39 bits per heavy atom. The molecule has 0 atom stereocenters. The van der Waals surface area contributed by atoms with Gasteiger partial charge in [-0.15, -0.1) is 12.4 Å². The molecule has 96 valence electrons. The summed E-state index contributed by atoms with van der Waals surface area (Å²) < 4.78 is 1.69. The Kier molecular flexibility index (Phi) is 4.74. The first-order chi connectivity index (χ1) is 8.16. The van der Waals surface area contributed by atoms with E-state index in [1.165, 1.54) is 0 Å². The van der Waals surface area contributed by atoms with Crippen LogP contribution in [0.2, 0.25) is 0 Å². The molecular weight excluding hydrogens is 254 g/mol. The average molecular weight is 268 g/mol. The van der Waals surface area contributed by atoms with Crippen LogP contribution in [0.5, 0.6) is 0 Å². The molecule has 1 aromatic carbocycles. The van der Waals surface area contributed by atoms with Gasteiger partial charge in [-0.2, -0.15) is 5.10 Å². The Morgan fingerprint density at radius 3 is 2.72 bits per heavy atom. The van der Waals surface area contributed by atoms with Gasteiger partial charge in [0, 0.05) is 25.9 Å². The molecule has 0 radical (unpaired) electrons. The Bertz CT molecular complexity index is 540. The Balaban J connectivity index is 0.00000162. The van der Waals surface area contributed by atoms with Crippen molar-refractivity contribution in [2.45, 2.75) is 6.54 Å². The van der Waals surface area contributed by atoms with Gasteiger partial charge in [-0.25, -0.2) is 4.79 Å². The van der Waals surface area contributed by atoms with Crippen LogP contribution in [0.4, 0.5) is 5.82 Å². The fourth-order valence-corrected chi connectivity index (χ4v) is 1.58. The predicted octanol–water partition coefficient (Wildman–Crippen LogP) is 2.15. The van der Waals surface area contributed by atoms with Crippen molar-refractivity contribution in [2.75, 3.05) is 5.32 Å². The highest BCUT2D eigenvalue weighted by Gasteiger charge is 2.08. The number of hydrogen-bond donors (Lipinski definition) is 2. The Morgan fingerprint density at radius 2 is 2.11 bits per heavy atom. The summed E-state index contributed by atoms with van der Waals surface area (Å²) in [5.41, 5.74) is 1.06. The molecule has 0 aliphatic heterocycles. The van der Waals surface area contributed by atoms with Gasteiger partial charge in [-0.1, -0.05) is 18.2 Å². The summed E-state index contributed by atoms with van der Waals surface area (Å²) in [6.45, 7) is 0.444. The van der Waals surface area contributed by atoms with Gasteiger partial charge in [-0.3, -0.25) is 4.68 Å². The molecule has 0 spiro atoms. The van der Waals surface area contributed by atoms with Crippen LogP contribution in [0, 0.1) is 0 Å². The highest BCUT2D eigenvalue weighted by atomic mass is 35.5. The largest absolute Gasteiger partial charge is 0.478 e. The number of halogens is 1. The Labute approximate surface area is 111 Å². The van der Waals surface area contributed by atoms with Crippen molar-refractivity contribution in [3.63, 3.8) is 0 Å². The van der Waals surface area contributed by atoms with E-state index in [-0.39, 0.29) is 12.4 Å². The normalized spacial score (nSPS) is 9.61. The fourth-order valence-electron chi connectivity index (χ4n) is 1.58. The van der Waals surface area contributed by atoms with E-state index in [0.29, 0.717) is 12.1 Å². The second kappa shape index (κ2) is 6.07. The van der Waals surface area contributed by atoms with Crippen molar-refractivity contribution in [1.82, 2.24) is 9.78 Å². The zero-order valence-corrected chi connectivity index (χ0v) is 10.6. The topological polar surface area (TPSA) is 67.2 Å². The third-order valence-corrected chi connectivity index (χ3v) is 2.42. The fraction of sp³-hybridized carbons (Fsp3) is 0.167. The first-order valence-electron chi connectivity index (χ1n) is 5.21. The minimum Gasteiger partial charge on any atom is -0.478 e. The molecule has 0 fully saturated rings. The van der Waals surface area contributed by atoms with E-state index >= 15 is 0 Å². The van der Waals surface area contributed by atoms with Crippen LogP contribution in [0.25, 0.3) is 0 Å². The number of aromatic carboxylic acids is 1. The molecule has 6 heteroatoms. The van der Waals surface area contributed by atoms with Gasteiger partial charge < -0.3 is 10.4 Å². The lowest BCUT2D eigenvalue weighted by Crippen LogP contribution is -2.07. The van der Waals surface area contributed by atoms with Gasteiger partial charge in [0.15, 0.2) is 0 Å². The second-order valence-electron chi connectivity index (χ2n) is 3.69. The molecule has 18 heavy (non-hydrogen) atoms. The SMILES string of the molecule is Cl.Cn1ccc(NCc2ccccc2C(=O)O)n1. The van der Waals surface area contributed by atoms with E-state index < -0.39 is 5.97 Å². The van der Waals surface area contributed by atoms with E-state index in [1.807, 2.05) is 25.4 Å². The van der Waals surface area contributed by atoms with E-state index in [2.05, 4.69) is 10.4 Å². The lowest BCUT2D eigenvalue weighted by Gasteiger charge is -2.06. The zero-order valence-electron chi connectivity index (χ0n) is 9.83. The number of nitrogens with one attached hydrogen (secondary N) is 1. The maximum Gasteiger partial charge on any atom is 0.336 e. The number of hydrogen-bond acceptors (Lipinski definition) is 3. The lowest BCUT2D eigenvalue weighted by molar-refractivity contribution is 0.0696. The number of nitrogens with zero attached hydrogens (tertiary/aromatic N) is 2. The Hall–Kier alpha value is -2.01. The van der Waals surface area contributed by atoms with Crippen molar-refractivity contribution in [1.29, 1.82) is 0 Å². The van der Waals surface area contributed by atoms with Crippen LogP contribution in [-0.2, 0) is 13.6 Å².